The Morgan fingerprint density at radius 2 is 1.33 bits per heavy atom. The summed E-state index contributed by atoms with van der Waals surface area (Å²) < 4.78 is 0.486. The van der Waals surface area contributed by atoms with Crippen LogP contribution in [0.5, 0.6) is 0 Å². The van der Waals surface area contributed by atoms with Gasteiger partial charge in [-0.05, 0) is 77.4 Å². The molecule has 1 aliphatic carbocycles. The highest BCUT2D eigenvalue weighted by Gasteiger charge is 2.38. The van der Waals surface area contributed by atoms with E-state index in [4.69, 9.17) is 0 Å². The fourth-order valence-electron chi connectivity index (χ4n) is 5.69. The van der Waals surface area contributed by atoms with Crippen LogP contribution < -0.4 is 0 Å². The Bertz CT molecular complexity index is 1630. The average molecular weight is 494 g/mol. The molecular weight excluding hydrogens is 474 g/mol. The third kappa shape index (κ3) is 2.67. The van der Waals surface area contributed by atoms with Crippen LogP contribution in [0.3, 0.4) is 0 Å². The van der Waals surface area contributed by atoms with Crippen LogP contribution in [0.15, 0.2) is 89.4 Å². The Labute approximate surface area is 200 Å². The van der Waals surface area contributed by atoms with Crippen LogP contribution >= 0.6 is 15.9 Å². The first-order valence-corrected chi connectivity index (χ1v) is 11.7. The Balaban J connectivity index is 1.86. The number of rotatable bonds is 2. The van der Waals surface area contributed by atoms with E-state index in [1.54, 1.807) is 6.07 Å². The van der Waals surface area contributed by atoms with Crippen LogP contribution in [0.4, 0.5) is 5.69 Å². The van der Waals surface area contributed by atoms with Gasteiger partial charge in [0.05, 0.1) is 15.0 Å². The number of nitro benzene ring substituents is 1. The zero-order valence-electron chi connectivity index (χ0n) is 18.2. The Morgan fingerprint density at radius 1 is 0.727 bits per heavy atom. The molecule has 0 amide bonds. The SMILES string of the molecule is CC1(C)c2ccccc2-c2c1c1cccc(-c3cccc(Br)c3[N+](=O)[O-])c1c1ccccc21. The molecule has 33 heavy (non-hydrogen) atoms. The molecule has 0 N–H and O–H groups in total. The molecule has 0 fully saturated rings. The Morgan fingerprint density at radius 3 is 2.12 bits per heavy atom. The first kappa shape index (κ1) is 20.1. The highest BCUT2D eigenvalue weighted by Crippen LogP contribution is 2.55. The second-order valence-electron chi connectivity index (χ2n) is 9.09. The summed E-state index contributed by atoms with van der Waals surface area (Å²) in [5.41, 5.74) is 6.57. The highest BCUT2D eigenvalue weighted by atomic mass is 79.9. The van der Waals surface area contributed by atoms with Crippen molar-refractivity contribution in [3.63, 3.8) is 0 Å². The van der Waals surface area contributed by atoms with Crippen molar-refractivity contribution in [2.45, 2.75) is 19.3 Å². The highest BCUT2D eigenvalue weighted by molar-refractivity contribution is 9.10. The number of nitrogens with zero attached hydrogens (tertiary/aromatic N) is 1. The zero-order valence-corrected chi connectivity index (χ0v) is 19.8. The van der Waals surface area contributed by atoms with Gasteiger partial charge < -0.3 is 0 Å². The van der Waals surface area contributed by atoms with E-state index < -0.39 is 0 Å². The monoisotopic (exact) mass is 493 g/mol. The van der Waals surface area contributed by atoms with E-state index in [0.717, 1.165) is 21.7 Å². The van der Waals surface area contributed by atoms with Crippen molar-refractivity contribution in [2.24, 2.45) is 0 Å². The molecule has 3 nitrogen and oxygen atoms in total. The molecule has 0 spiro atoms. The number of nitro groups is 1. The summed E-state index contributed by atoms with van der Waals surface area (Å²) >= 11 is 3.40. The molecule has 0 radical (unpaired) electrons. The van der Waals surface area contributed by atoms with E-state index in [2.05, 4.69) is 78.3 Å². The van der Waals surface area contributed by atoms with Gasteiger partial charge in [0.25, 0.3) is 5.69 Å². The molecule has 0 saturated carbocycles. The average Bonchev–Trinajstić information content (AvgIpc) is 3.06. The van der Waals surface area contributed by atoms with Crippen molar-refractivity contribution in [3.8, 4) is 22.3 Å². The molecule has 0 aliphatic heterocycles. The lowest BCUT2D eigenvalue weighted by Crippen LogP contribution is -2.15. The number of hydrogen-bond acceptors (Lipinski definition) is 2. The lowest BCUT2D eigenvalue weighted by Gasteiger charge is -2.25. The van der Waals surface area contributed by atoms with Crippen LogP contribution in [-0.4, -0.2) is 4.92 Å². The summed E-state index contributed by atoms with van der Waals surface area (Å²) in [6, 6.07) is 28.7. The fraction of sp³-hybridized carbons (Fsp3) is 0.103. The van der Waals surface area contributed by atoms with Gasteiger partial charge in [0.1, 0.15) is 0 Å². The summed E-state index contributed by atoms with van der Waals surface area (Å²) in [5, 5.41) is 16.5. The molecular formula is C29H20BrNO2. The number of fused-ring (bicyclic) bond motifs is 8. The molecule has 1 aliphatic rings. The topological polar surface area (TPSA) is 43.1 Å². The minimum absolute atomic E-state index is 0.0946. The molecule has 0 unspecified atom stereocenters. The van der Waals surface area contributed by atoms with Crippen molar-refractivity contribution in [3.05, 3.63) is 111 Å². The molecule has 0 atom stereocenters. The second kappa shape index (κ2) is 7.00. The quantitative estimate of drug-likeness (QED) is 0.140. The van der Waals surface area contributed by atoms with Crippen molar-refractivity contribution in [1.29, 1.82) is 0 Å². The predicted molar refractivity (Wildman–Crippen MR) is 139 cm³/mol. The van der Waals surface area contributed by atoms with Gasteiger partial charge in [-0.2, -0.15) is 0 Å². The fourth-order valence-corrected chi connectivity index (χ4v) is 6.20. The first-order chi connectivity index (χ1) is 15.9. The molecule has 5 aromatic carbocycles. The smallest absolute Gasteiger partial charge is 0.258 e. The lowest BCUT2D eigenvalue weighted by molar-refractivity contribution is -0.385. The number of hydrogen-bond donors (Lipinski definition) is 0. The van der Waals surface area contributed by atoms with Gasteiger partial charge in [-0.25, -0.2) is 0 Å². The molecule has 0 heterocycles. The molecule has 6 rings (SSSR count). The minimum atomic E-state index is -0.298. The molecule has 160 valence electrons. The molecule has 4 heteroatoms. The maximum Gasteiger partial charge on any atom is 0.291 e. The molecule has 0 saturated heterocycles. The molecule has 0 bridgehead atoms. The van der Waals surface area contributed by atoms with E-state index in [1.807, 2.05) is 30.3 Å². The van der Waals surface area contributed by atoms with Crippen LogP contribution in [-0.2, 0) is 5.41 Å². The largest absolute Gasteiger partial charge is 0.291 e. The summed E-state index contributed by atoms with van der Waals surface area (Å²) in [4.78, 5) is 11.7. The van der Waals surface area contributed by atoms with E-state index in [-0.39, 0.29) is 16.0 Å². The lowest BCUT2D eigenvalue weighted by atomic mass is 9.78. The number of para-hydroxylation sites is 1. The predicted octanol–water partition coefficient (Wildman–Crippen LogP) is 8.64. The van der Waals surface area contributed by atoms with Crippen molar-refractivity contribution in [1.82, 2.24) is 0 Å². The van der Waals surface area contributed by atoms with Crippen molar-refractivity contribution in [2.75, 3.05) is 0 Å². The molecule has 0 aromatic heterocycles. The Kier molecular flexibility index (Phi) is 4.27. The zero-order chi connectivity index (χ0) is 22.9. The van der Waals surface area contributed by atoms with Gasteiger partial charge >= 0.3 is 0 Å². The third-order valence-corrected chi connectivity index (χ3v) is 7.64. The number of halogens is 1. The van der Waals surface area contributed by atoms with Crippen molar-refractivity contribution >= 4 is 43.2 Å². The summed E-state index contributed by atoms with van der Waals surface area (Å²) in [7, 11) is 0. The van der Waals surface area contributed by atoms with E-state index in [9.17, 15) is 10.1 Å². The normalized spacial score (nSPS) is 13.8. The van der Waals surface area contributed by atoms with Gasteiger partial charge in [0.2, 0.25) is 0 Å². The van der Waals surface area contributed by atoms with E-state index >= 15 is 0 Å². The van der Waals surface area contributed by atoms with E-state index in [1.165, 1.54) is 27.6 Å². The summed E-state index contributed by atoms with van der Waals surface area (Å²) in [5.74, 6) is 0. The second-order valence-corrected chi connectivity index (χ2v) is 9.94. The Hall–Kier alpha value is -3.50. The van der Waals surface area contributed by atoms with Gasteiger partial charge in [0, 0.05) is 5.41 Å². The van der Waals surface area contributed by atoms with Crippen LogP contribution in [0, 0.1) is 10.1 Å². The molecule has 5 aromatic rings. The van der Waals surface area contributed by atoms with Gasteiger partial charge in [-0.1, -0.05) is 86.6 Å². The van der Waals surface area contributed by atoms with Gasteiger partial charge in [-0.15, -0.1) is 0 Å². The maximum absolute atomic E-state index is 12.0. The van der Waals surface area contributed by atoms with Gasteiger partial charge in [-0.3, -0.25) is 10.1 Å². The summed E-state index contributed by atoms with van der Waals surface area (Å²) in [6.07, 6.45) is 0. The van der Waals surface area contributed by atoms with E-state index in [0.29, 0.717) is 10.0 Å². The van der Waals surface area contributed by atoms with Crippen LogP contribution in [0.1, 0.15) is 25.0 Å². The van der Waals surface area contributed by atoms with Crippen LogP contribution in [0.25, 0.3) is 43.8 Å². The van der Waals surface area contributed by atoms with Crippen molar-refractivity contribution < 1.29 is 4.92 Å². The maximum atomic E-state index is 12.0. The first-order valence-electron chi connectivity index (χ1n) is 10.9. The third-order valence-electron chi connectivity index (χ3n) is 7.00. The summed E-state index contributed by atoms with van der Waals surface area (Å²) in [6.45, 7) is 4.56. The minimum Gasteiger partial charge on any atom is -0.258 e. The standard InChI is InChI=1S/C29H20BrNO2/c1-29(2)23-15-6-5-11-21(23)26-18-10-4-3-9-17(18)25-19(12-7-14-22(25)27(26)29)20-13-8-16-24(30)28(20)31(32)33/h3-16H,1-2H3. The number of benzene rings is 5. The van der Waals surface area contributed by atoms with Gasteiger partial charge in [0.15, 0.2) is 0 Å². The van der Waals surface area contributed by atoms with Crippen LogP contribution in [0.2, 0.25) is 0 Å².